The zero-order valence-electron chi connectivity index (χ0n) is 9.51. The molecule has 0 heterocycles. The first-order valence-electron chi connectivity index (χ1n) is 5.13. The smallest absolute Gasteiger partial charge is 0.130 e. The number of halogens is 1. The SMILES string of the molecule is COc1cc(C)cc(F)c1CCC(C)N. The van der Waals surface area contributed by atoms with E-state index in [0.717, 1.165) is 12.0 Å². The summed E-state index contributed by atoms with van der Waals surface area (Å²) in [5.41, 5.74) is 7.14. The Balaban J connectivity index is 2.93. The predicted octanol–water partition coefficient (Wildman–Crippen LogP) is 2.42. The maximum atomic E-state index is 13.6. The van der Waals surface area contributed by atoms with E-state index in [2.05, 4.69) is 0 Å². The topological polar surface area (TPSA) is 35.2 Å². The Labute approximate surface area is 90.2 Å². The summed E-state index contributed by atoms with van der Waals surface area (Å²) in [6.07, 6.45) is 1.38. The Kier molecular flexibility index (Phi) is 4.09. The highest BCUT2D eigenvalue weighted by Gasteiger charge is 2.10. The maximum absolute atomic E-state index is 13.6. The average molecular weight is 211 g/mol. The Hall–Kier alpha value is -1.09. The minimum atomic E-state index is -0.201. The number of aryl methyl sites for hydroxylation is 1. The third-order valence-electron chi connectivity index (χ3n) is 2.37. The van der Waals surface area contributed by atoms with Gasteiger partial charge >= 0.3 is 0 Å². The summed E-state index contributed by atoms with van der Waals surface area (Å²) in [4.78, 5) is 0. The molecule has 1 aromatic carbocycles. The molecule has 2 nitrogen and oxygen atoms in total. The average Bonchev–Trinajstić information content (AvgIpc) is 2.14. The van der Waals surface area contributed by atoms with E-state index >= 15 is 0 Å². The standard InChI is InChI=1S/C12H18FNO/c1-8-6-11(13)10(5-4-9(2)14)12(7-8)15-3/h6-7,9H,4-5,14H2,1-3H3. The molecule has 0 aliphatic rings. The van der Waals surface area contributed by atoms with Crippen molar-refractivity contribution < 1.29 is 9.13 Å². The summed E-state index contributed by atoms with van der Waals surface area (Å²) in [6, 6.07) is 3.45. The van der Waals surface area contributed by atoms with Crippen molar-refractivity contribution in [3.05, 3.63) is 29.1 Å². The van der Waals surface area contributed by atoms with Gasteiger partial charge in [-0.05, 0) is 44.4 Å². The van der Waals surface area contributed by atoms with Gasteiger partial charge in [-0.25, -0.2) is 4.39 Å². The van der Waals surface area contributed by atoms with Crippen LogP contribution >= 0.6 is 0 Å². The van der Waals surface area contributed by atoms with Gasteiger partial charge in [-0.15, -0.1) is 0 Å². The molecule has 1 atom stereocenters. The fourth-order valence-electron chi connectivity index (χ4n) is 1.54. The monoisotopic (exact) mass is 211 g/mol. The van der Waals surface area contributed by atoms with Crippen molar-refractivity contribution in [1.82, 2.24) is 0 Å². The molecular weight excluding hydrogens is 193 g/mol. The summed E-state index contributed by atoms with van der Waals surface area (Å²) in [6.45, 7) is 3.76. The maximum Gasteiger partial charge on any atom is 0.130 e. The zero-order chi connectivity index (χ0) is 11.4. The van der Waals surface area contributed by atoms with Gasteiger partial charge in [0, 0.05) is 11.6 Å². The second-order valence-electron chi connectivity index (χ2n) is 3.94. The van der Waals surface area contributed by atoms with Crippen LogP contribution in [0, 0.1) is 12.7 Å². The van der Waals surface area contributed by atoms with E-state index < -0.39 is 0 Å². The minimum Gasteiger partial charge on any atom is -0.496 e. The Morgan fingerprint density at radius 1 is 1.47 bits per heavy atom. The lowest BCUT2D eigenvalue weighted by molar-refractivity contribution is 0.402. The molecule has 2 N–H and O–H groups in total. The third kappa shape index (κ3) is 3.20. The molecule has 0 fully saturated rings. The van der Waals surface area contributed by atoms with Gasteiger partial charge in [0.05, 0.1) is 7.11 Å². The second-order valence-corrected chi connectivity index (χ2v) is 3.94. The molecule has 15 heavy (non-hydrogen) atoms. The van der Waals surface area contributed by atoms with E-state index in [1.54, 1.807) is 7.11 Å². The molecule has 0 spiro atoms. The van der Waals surface area contributed by atoms with Crippen molar-refractivity contribution in [1.29, 1.82) is 0 Å². The number of rotatable bonds is 4. The second kappa shape index (κ2) is 5.12. The van der Waals surface area contributed by atoms with Crippen LogP contribution < -0.4 is 10.5 Å². The van der Waals surface area contributed by atoms with E-state index in [0.29, 0.717) is 17.7 Å². The van der Waals surface area contributed by atoms with Gasteiger partial charge in [-0.2, -0.15) is 0 Å². The quantitative estimate of drug-likeness (QED) is 0.830. The summed E-state index contributed by atoms with van der Waals surface area (Å²) in [5, 5.41) is 0. The summed E-state index contributed by atoms with van der Waals surface area (Å²) in [7, 11) is 1.56. The molecule has 1 unspecified atom stereocenters. The van der Waals surface area contributed by atoms with Crippen molar-refractivity contribution in [3.8, 4) is 5.75 Å². The van der Waals surface area contributed by atoms with Crippen molar-refractivity contribution in [2.45, 2.75) is 32.7 Å². The number of ether oxygens (including phenoxy) is 1. The number of methoxy groups -OCH3 is 1. The first kappa shape index (κ1) is 12.0. The molecule has 3 heteroatoms. The first-order chi connectivity index (χ1) is 7.04. The van der Waals surface area contributed by atoms with Crippen LogP contribution in [0.1, 0.15) is 24.5 Å². The summed E-state index contributed by atoms with van der Waals surface area (Å²) in [5.74, 6) is 0.417. The molecule has 84 valence electrons. The van der Waals surface area contributed by atoms with Crippen LogP contribution in [0.15, 0.2) is 12.1 Å². The Bertz CT molecular complexity index is 337. The highest BCUT2D eigenvalue weighted by molar-refractivity contribution is 5.38. The molecule has 1 aromatic rings. The van der Waals surface area contributed by atoms with E-state index in [9.17, 15) is 4.39 Å². The number of hydrogen-bond acceptors (Lipinski definition) is 2. The number of hydrogen-bond donors (Lipinski definition) is 1. The molecule has 0 bridgehead atoms. The van der Waals surface area contributed by atoms with Gasteiger partial charge < -0.3 is 10.5 Å². The van der Waals surface area contributed by atoms with E-state index in [-0.39, 0.29) is 11.9 Å². The largest absolute Gasteiger partial charge is 0.496 e. The van der Waals surface area contributed by atoms with E-state index in [1.165, 1.54) is 6.07 Å². The lowest BCUT2D eigenvalue weighted by Crippen LogP contribution is -2.16. The fraction of sp³-hybridized carbons (Fsp3) is 0.500. The molecule has 0 radical (unpaired) electrons. The minimum absolute atomic E-state index is 0.0791. The highest BCUT2D eigenvalue weighted by Crippen LogP contribution is 2.25. The Morgan fingerprint density at radius 2 is 2.13 bits per heavy atom. The first-order valence-corrected chi connectivity index (χ1v) is 5.13. The van der Waals surface area contributed by atoms with E-state index in [1.807, 2.05) is 19.9 Å². The van der Waals surface area contributed by atoms with Crippen molar-refractivity contribution in [3.63, 3.8) is 0 Å². The van der Waals surface area contributed by atoms with Gasteiger partial charge in [0.25, 0.3) is 0 Å². The van der Waals surface area contributed by atoms with Crippen LogP contribution in [-0.4, -0.2) is 13.2 Å². The summed E-state index contributed by atoms with van der Waals surface area (Å²) < 4.78 is 18.8. The van der Waals surface area contributed by atoms with Crippen LogP contribution in [0.4, 0.5) is 4.39 Å². The lowest BCUT2D eigenvalue weighted by atomic mass is 10.0. The van der Waals surface area contributed by atoms with Crippen molar-refractivity contribution in [2.75, 3.05) is 7.11 Å². The van der Waals surface area contributed by atoms with Gasteiger partial charge in [-0.3, -0.25) is 0 Å². The normalized spacial score (nSPS) is 12.6. The van der Waals surface area contributed by atoms with Crippen LogP contribution in [0.5, 0.6) is 5.75 Å². The fourth-order valence-corrected chi connectivity index (χ4v) is 1.54. The van der Waals surface area contributed by atoms with Crippen molar-refractivity contribution >= 4 is 0 Å². The lowest BCUT2D eigenvalue weighted by Gasteiger charge is -2.12. The molecule has 0 aromatic heterocycles. The predicted molar refractivity (Wildman–Crippen MR) is 59.7 cm³/mol. The molecular formula is C12H18FNO. The van der Waals surface area contributed by atoms with Crippen LogP contribution in [0.3, 0.4) is 0 Å². The molecule has 0 saturated heterocycles. The van der Waals surface area contributed by atoms with Crippen LogP contribution in [0.25, 0.3) is 0 Å². The highest BCUT2D eigenvalue weighted by atomic mass is 19.1. The molecule has 0 saturated carbocycles. The molecule has 1 rings (SSSR count). The third-order valence-corrected chi connectivity index (χ3v) is 2.37. The van der Waals surface area contributed by atoms with E-state index in [4.69, 9.17) is 10.5 Å². The van der Waals surface area contributed by atoms with Crippen molar-refractivity contribution in [2.24, 2.45) is 5.73 Å². The van der Waals surface area contributed by atoms with Gasteiger partial charge in [0.15, 0.2) is 0 Å². The number of nitrogens with two attached hydrogens (primary N) is 1. The van der Waals surface area contributed by atoms with Crippen LogP contribution in [0.2, 0.25) is 0 Å². The van der Waals surface area contributed by atoms with Crippen LogP contribution in [-0.2, 0) is 6.42 Å². The van der Waals surface area contributed by atoms with Gasteiger partial charge in [-0.1, -0.05) is 0 Å². The van der Waals surface area contributed by atoms with Gasteiger partial charge in [0.1, 0.15) is 11.6 Å². The number of benzene rings is 1. The Morgan fingerprint density at radius 3 is 2.67 bits per heavy atom. The molecule has 0 amide bonds. The van der Waals surface area contributed by atoms with Gasteiger partial charge in [0.2, 0.25) is 0 Å². The molecule has 0 aliphatic carbocycles. The zero-order valence-corrected chi connectivity index (χ0v) is 9.51. The molecule has 0 aliphatic heterocycles. The summed E-state index contributed by atoms with van der Waals surface area (Å²) >= 11 is 0.